The van der Waals surface area contributed by atoms with E-state index in [1.165, 1.54) is 0 Å². The van der Waals surface area contributed by atoms with Gasteiger partial charge in [0.05, 0.1) is 0 Å². The summed E-state index contributed by atoms with van der Waals surface area (Å²) in [6.07, 6.45) is 0. The Balaban J connectivity index is 3.00. The molecule has 0 saturated carbocycles. The van der Waals surface area contributed by atoms with Gasteiger partial charge in [0.2, 0.25) is 0 Å². The standard InChI is InChI=1S/C2H5NO2S2/c4-2(5-7)1-3-6/h3,6-7H,1H2. The molecule has 1 N–H and O–H groups in total. The molecule has 3 nitrogen and oxygen atoms in total. The molecule has 0 atom stereocenters. The highest BCUT2D eigenvalue weighted by molar-refractivity contribution is 7.78. The molecule has 0 bridgehead atoms. The molecule has 5 heteroatoms. The van der Waals surface area contributed by atoms with Crippen molar-refractivity contribution in [1.82, 2.24) is 4.72 Å². The second kappa shape index (κ2) is 4.29. The molecule has 0 unspecified atom stereocenters. The molecule has 0 aliphatic heterocycles. The van der Waals surface area contributed by atoms with Crippen molar-refractivity contribution in [2.24, 2.45) is 0 Å². The van der Waals surface area contributed by atoms with Crippen LogP contribution in [0, 0.1) is 0 Å². The van der Waals surface area contributed by atoms with E-state index in [1.54, 1.807) is 0 Å². The van der Waals surface area contributed by atoms with Gasteiger partial charge in [-0.1, -0.05) is 12.8 Å². The van der Waals surface area contributed by atoms with Crippen LogP contribution in [0.1, 0.15) is 0 Å². The Bertz CT molecular complexity index is 66.7. The molecule has 0 aromatic carbocycles. The lowest BCUT2D eigenvalue weighted by Crippen LogP contribution is -2.13. The van der Waals surface area contributed by atoms with Crippen LogP contribution in [0.2, 0.25) is 0 Å². The SMILES string of the molecule is O=C(CNS)OS. The number of carbonyl (C=O) groups excluding carboxylic acids is 1. The van der Waals surface area contributed by atoms with Crippen LogP contribution < -0.4 is 4.72 Å². The van der Waals surface area contributed by atoms with Crippen LogP contribution in [-0.2, 0) is 8.98 Å². The van der Waals surface area contributed by atoms with Crippen molar-refractivity contribution in [3.63, 3.8) is 0 Å². The summed E-state index contributed by atoms with van der Waals surface area (Å²) in [6.45, 7) is 0.0760. The maximum atomic E-state index is 10.0. The lowest BCUT2D eigenvalue weighted by Gasteiger charge is -1.90. The molecule has 0 amide bonds. The van der Waals surface area contributed by atoms with Crippen LogP contribution in [0.15, 0.2) is 0 Å². The number of nitrogens with one attached hydrogen (secondary N) is 1. The molecule has 0 fully saturated rings. The van der Waals surface area contributed by atoms with Gasteiger partial charge >= 0.3 is 5.97 Å². The summed E-state index contributed by atoms with van der Waals surface area (Å²) in [6, 6.07) is 0. The highest BCUT2D eigenvalue weighted by atomic mass is 32.1. The molecule has 0 spiro atoms. The third-order valence-electron chi connectivity index (χ3n) is 0.325. The maximum Gasteiger partial charge on any atom is 0.332 e. The molecule has 0 heterocycles. The second-order valence-electron chi connectivity index (χ2n) is 0.798. The zero-order valence-corrected chi connectivity index (χ0v) is 5.21. The Morgan fingerprint density at radius 1 is 1.86 bits per heavy atom. The average molecular weight is 139 g/mol. The molecule has 0 aliphatic rings. The highest BCUT2D eigenvalue weighted by Gasteiger charge is 1.93. The molecule has 0 aromatic heterocycles. The predicted octanol–water partition coefficient (Wildman–Crippen LogP) is -0.191. The van der Waals surface area contributed by atoms with Gasteiger partial charge in [-0.25, -0.2) is 4.79 Å². The van der Waals surface area contributed by atoms with Crippen molar-refractivity contribution in [2.75, 3.05) is 6.54 Å². The number of thiol groups is 2. The minimum absolute atomic E-state index is 0.0760. The molecule has 42 valence electrons. The largest absolute Gasteiger partial charge is 0.394 e. The van der Waals surface area contributed by atoms with Gasteiger partial charge in [0.25, 0.3) is 0 Å². The molecular weight excluding hydrogens is 134 g/mol. The Morgan fingerprint density at radius 2 is 2.43 bits per heavy atom. The average Bonchev–Trinajstić information content (AvgIpc) is 1.68. The van der Waals surface area contributed by atoms with E-state index < -0.39 is 5.97 Å². The summed E-state index contributed by atoms with van der Waals surface area (Å²) in [4.78, 5) is 10.0. The Hall–Kier alpha value is 0.130. The van der Waals surface area contributed by atoms with Gasteiger partial charge in [0.15, 0.2) is 0 Å². The first-order valence-corrected chi connectivity index (χ1v) is 2.33. The third kappa shape index (κ3) is 3.97. The van der Waals surface area contributed by atoms with Crippen molar-refractivity contribution < 1.29 is 8.98 Å². The maximum absolute atomic E-state index is 10.0. The van der Waals surface area contributed by atoms with Crippen LogP contribution in [-0.4, -0.2) is 12.5 Å². The zero-order valence-electron chi connectivity index (χ0n) is 3.42. The van der Waals surface area contributed by atoms with Crippen molar-refractivity contribution >= 4 is 31.7 Å². The molecule has 0 aromatic rings. The summed E-state index contributed by atoms with van der Waals surface area (Å²) >= 11 is 6.76. The van der Waals surface area contributed by atoms with Gasteiger partial charge in [0, 0.05) is 12.9 Å². The first-order valence-electron chi connectivity index (χ1n) is 1.52. The Labute approximate surface area is 52.6 Å². The first-order chi connectivity index (χ1) is 3.31. The van der Waals surface area contributed by atoms with E-state index in [4.69, 9.17) is 0 Å². The van der Waals surface area contributed by atoms with Crippen LogP contribution in [0.5, 0.6) is 0 Å². The summed E-state index contributed by atoms with van der Waals surface area (Å²) in [5, 5.41) is 0. The topological polar surface area (TPSA) is 38.3 Å². The van der Waals surface area contributed by atoms with Crippen molar-refractivity contribution in [2.45, 2.75) is 0 Å². The number of hydrogen-bond acceptors (Lipinski definition) is 5. The van der Waals surface area contributed by atoms with Gasteiger partial charge in [-0.2, -0.15) is 0 Å². The fourth-order valence-corrected chi connectivity index (χ4v) is 0.290. The summed E-state index contributed by atoms with van der Waals surface area (Å²) in [5.74, 6) is -0.446. The predicted molar refractivity (Wildman–Crippen MR) is 32.1 cm³/mol. The molecule has 0 saturated heterocycles. The molecule has 0 aliphatic carbocycles. The van der Waals surface area contributed by atoms with Gasteiger partial charge in [0.1, 0.15) is 6.54 Å². The summed E-state index contributed by atoms with van der Waals surface area (Å²) < 4.78 is 6.22. The lowest BCUT2D eigenvalue weighted by molar-refractivity contribution is -0.131. The van der Waals surface area contributed by atoms with E-state index in [2.05, 4.69) is 34.6 Å². The van der Waals surface area contributed by atoms with E-state index in [-0.39, 0.29) is 6.54 Å². The first kappa shape index (κ1) is 7.13. The fourth-order valence-electron chi connectivity index (χ4n) is 0.0968. The molecule has 0 rings (SSSR count). The van der Waals surface area contributed by atoms with Crippen LogP contribution in [0.3, 0.4) is 0 Å². The van der Waals surface area contributed by atoms with Crippen LogP contribution in [0.25, 0.3) is 0 Å². The summed E-state index contributed by atoms with van der Waals surface area (Å²) in [7, 11) is 0. The van der Waals surface area contributed by atoms with E-state index >= 15 is 0 Å². The van der Waals surface area contributed by atoms with Crippen LogP contribution in [0.4, 0.5) is 0 Å². The van der Waals surface area contributed by atoms with E-state index in [0.29, 0.717) is 0 Å². The Kier molecular flexibility index (Phi) is 4.37. The van der Waals surface area contributed by atoms with Gasteiger partial charge in [-0.15, -0.1) is 0 Å². The normalized spacial score (nSPS) is 8.29. The minimum Gasteiger partial charge on any atom is -0.394 e. The minimum atomic E-state index is -0.446. The third-order valence-corrected chi connectivity index (χ3v) is 0.687. The van der Waals surface area contributed by atoms with Crippen molar-refractivity contribution in [3.05, 3.63) is 0 Å². The quantitative estimate of drug-likeness (QED) is 0.367. The van der Waals surface area contributed by atoms with Crippen molar-refractivity contribution in [1.29, 1.82) is 0 Å². The smallest absolute Gasteiger partial charge is 0.332 e. The molecule has 7 heavy (non-hydrogen) atoms. The highest BCUT2D eigenvalue weighted by Crippen LogP contribution is 1.78. The van der Waals surface area contributed by atoms with Crippen molar-refractivity contribution in [3.8, 4) is 0 Å². The molecule has 0 radical (unpaired) electrons. The van der Waals surface area contributed by atoms with Gasteiger partial charge < -0.3 is 4.18 Å². The van der Waals surface area contributed by atoms with E-state index in [0.717, 1.165) is 0 Å². The second-order valence-corrected chi connectivity index (χ2v) is 1.30. The number of hydrogen-bond donors (Lipinski definition) is 3. The zero-order chi connectivity index (χ0) is 5.70. The Morgan fingerprint density at radius 3 is 2.57 bits per heavy atom. The van der Waals surface area contributed by atoms with E-state index in [1.807, 2.05) is 0 Å². The van der Waals surface area contributed by atoms with Gasteiger partial charge in [-0.05, 0) is 0 Å². The van der Waals surface area contributed by atoms with Crippen LogP contribution >= 0.6 is 25.7 Å². The monoisotopic (exact) mass is 139 g/mol. The summed E-state index contributed by atoms with van der Waals surface area (Å²) in [5.41, 5.74) is 0. The number of carbonyl (C=O) groups is 1. The lowest BCUT2D eigenvalue weighted by atomic mass is 10.7. The number of rotatable bonds is 2. The van der Waals surface area contributed by atoms with Gasteiger partial charge in [-0.3, -0.25) is 4.72 Å². The van der Waals surface area contributed by atoms with E-state index in [9.17, 15) is 4.79 Å². The molecular formula is C2H5NO2S2. The fraction of sp³-hybridized carbons (Fsp3) is 0.500.